The van der Waals surface area contributed by atoms with Crippen LogP contribution in [0.4, 0.5) is 4.79 Å². The van der Waals surface area contributed by atoms with Crippen molar-refractivity contribution in [2.45, 2.75) is 25.5 Å². The lowest BCUT2D eigenvalue weighted by atomic mass is 9.99. The Balaban J connectivity index is 2.60. The molecule has 0 radical (unpaired) electrons. The van der Waals surface area contributed by atoms with E-state index in [1.54, 1.807) is 6.92 Å². The molecule has 1 aliphatic rings. The summed E-state index contributed by atoms with van der Waals surface area (Å²) in [5.41, 5.74) is 0. The van der Waals surface area contributed by atoms with Crippen molar-refractivity contribution in [1.29, 1.82) is 0 Å². The second kappa shape index (κ2) is 5.59. The number of aliphatic carboxylic acids is 1. The molecule has 1 fully saturated rings. The molecule has 2 amide bonds. The third kappa shape index (κ3) is 3.62. The molecule has 1 aliphatic heterocycles. The molecule has 1 heterocycles. The summed E-state index contributed by atoms with van der Waals surface area (Å²) in [7, 11) is -3.28. The Labute approximate surface area is 119 Å². The minimum atomic E-state index is -3.28. The Morgan fingerprint density at radius 1 is 1.35 bits per heavy atom. The van der Waals surface area contributed by atoms with Gasteiger partial charge >= 0.3 is 12.0 Å². The molecular weight excluding hydrogens is 284 g/mol. The topological polar surface area (TPSA) is 104 Å². The number of carbonyl (C=O) groups is 2. The van der Waals surface area contributed by atoms with Gasteiger partial charge in [-0.15, -0.1) is 0 Å². The molecule has 0 aliphatic carbocycles. The number of urea groups is 1. The third-order valence-electron chi connectivity index (χ3n) is 3.89. The lowest BCUT2D eigenvalue weighted by Gasteiger charge is -2.25. The van der Waals surface area contributed by atoms with Crippen molar-refractivity contribution in [2.24, 2.45) is 11.8 Å². The summed E-state index contributed by atoms with van der Waals surface area (Å²) in [6.07, 6.45) is 1.12. The van der Waals surface area contributed by atoms with E-state index in [1.165, 1.54) is 18.7 Å². The Kier molecular flexibility index (Phi) is 4.68. The van der Waals surface area contributed by atoms with Crippen LogP contribution in [-0.2, 0) is 14.6 Å². The molecular formula is C12H22N2O5S. The molecule has 0 bridgehead atoms. The van der Waals surface area contributed by atoms with Gasteiger partial charge in [-0.1, -0.05) is 6.92 Å². The zero-order valence-corrected chi connectivity index (χ0v) is 13.0. The molecule has 0 aromatic rings. The largest absolute Gasteiger partial charge is 0.481 e. The molecule has 0 saturated carbocycles. The summed E-state index contributed by atoms with van der Waals surface area (Å²) in [6.45, 7) is 5.37. The number of hydrogen-bond acceptors (Lipinski definition) is 4. The van der Waals surface area contributed by atoms with Gasteiger partial charge < -0.3 is 15.3 Å². The number of carbonyl (C=O) groups excluding carboxylic acids is 1. The van der Waals surface area contributed by atoms with E-state index in [-0.39, 0.29) is 19.0 Å². The lowest BCUT2D eigenvalue weighted by molar-refractivity contribution is -0.142. The SMILES string of the molecule is CC1CN(C(=O)NCC(C)(C)S(C)(=O)=O)CC1C(=O)O. The average molecular weight is 306 g/mol. The van der Waals surface area contributed by atoms with Crippen LogP contribution < -0.4 is 5.32 Å². The van der Waals surface area contributed by atoms with Crippen molar-refractivity contribution in [1.82, 2.24) is 10.2 Å². The quantitative estimate of drug-likeness (QED) is 0.770. The number of amides is 2. The molecule has 2 atom stereocenters. The molecule has 0 spiro atoms. The molecule has 116 valence electrons. The van der Waals surface area contributed by atoms with Crippen molar-refractivity contribution < 1.29 is 23.1 Å². The summed E-state index contributed by atoms with van der Waals surface area (Å²) in [4.78, 5) is 24.4. The van der Waals surface area contributed by atoms with Gasteiger partial charge in [0.25, 0.3) is 0 Å². The van der Waals surface area contributed by atoms with Gasteiger partial charge in [0.1, 0.15) is 0 Å². The third-order valence-corrected chi connectivity index (χ3v) is 6.04. The first kappa shape index (κ1) is 16.7. The number of nitrogens with one attached hydrogen (secondary N) is 1. The van der Waals surface area contributed by atoms with Crippen molar-refractivity contribution >= 4 is 21.8 Å². The van der Waals surface area contributed by atoms with Crippen LogP contribution in [0.25, 0.3) is 0 Å². The zero-order chi connectivity index (χ0) is 15.7. The Morgan fingerprint density at radius 2 is 1.90 bits per heavy atom. The summed E-state index contributed by atoms with van der Waals surface area (Å²) in [5, 5.41) is 11.6. The standard InChI is InChI=1S/C12H22N2O5S/c1-8-5-14(6-9(8)10(15)16)11(17)13-7-12(2,3)20(4,18)19/h8-9H,5-7H2,1-4H3,(H,13,17)(H,15,16). The summed E-state index contributed by atoms with van der Waals surface area (Å²) in [6, 6.07) is -0.419. The summed E-state index contributed by atoms with van der Waals surface area (Å²) >= 11 is 0. The van der Waals surface area contributed by atoms with Crippen molar-refractivity contribution in [2.75, 3.05) is 25.9 Å². The second-order valence-electron chi connectivity index (χ2n) is 6.02. The highest BCUT2D eigenvalue weighted by Crippen LogP contribution is 2.23. The molecule has 8 heteroatoms. The van der Waals surface area contributed by atoms with Gasteiger partial charge in [-0.3, -0.25) is 4.79 Å². The first-order valence-corrected chi connectivity index (χ1v) is 8.30. The van der Waals surface area contributed by atoms with E-state index in [2.05, 4.69) is 5.32 Å². The number of hydrogen-bond donors (Lipinski definition) is 2. The van der Waals surface area contributed by atoms with Gasteiger partial charge in [0, 0.05) is 25.9 Å². The van der Waals surface area contributed by atoms with Crippen LogP contribution in [0.2, 0.25) is 0 Å². The van der Waals surface area contributed by atoms with Gasteiger partial charge in [0.05, 0.1) is 10.7 Å². The van der Waals surface area contributed by atoms with E-state index in [0.29, 0.717) is 6.54 Å². The van der Waals surface area contributed by atoms with E-state index in [1.807, 2.05) is 0 Å². The predicted molar refractivity (Wildman–Crippen MR) is 74.2 cm³/mol. The van der Waals surface area contributed by atoms with E-state index in [0.717, 1.165) is 6.26 Å². The summed E-state index contributed by atoms with van der Waals surface area (Å²) < 4.78 is 22.0. The second-order valence-corrected chi connectivity index (χ2v) is 8.67. The highest BCUT2D eigenvalue weighted by Gasteiger charge is 2.38. The number of likely N-dealkylation sites (tertiary alicyclic amines) is 1. The number of carboxylic acids is 1. The fourth-order valence-electron chi connectivity index (χ4n) is 1.99. The molecule has 20 heavy (non-hydrogen) atoms. The molecule has 0 aromatic carbocycles. The van der Waals surface area contributed by atoms with Crippen molar-refractivity contribution in [3.63, 3.8) is 0 Å². The minimum absolute atomic E-state index is 0.00666. The number of rotatable bonds is 4. The van der Waals surface area contributed by atoms with Crippen LogP contribution in [0.15, 0.2) is 0 Å². The Morgan fingerprint density at radius 3 is 2.30 bits per heavy atom. The first-order chi connectivity index (χ1) is 8.95. The fourth-order valence-corrected chi connectivity index (χ4v) is 2.32. The van der Waals surface area contributed by atoms with E-state index in [4.69, 9.17) is 5.11 Å². The molecule has 1 saturated heterocycles. The maximum Gasteiger partial charge on any atom is 0.317 e. The number of sulfone groups is 1. The number of nitrogens with zero attached hydrogens (tertiary/aromatic N) is 1. The molecule has 2 unspecified atom stereocenters. The van der Waals surface area contributed by atoms with Gasteiger partial charge in [0.2, 0.25) is 0 Å². The molecule has 1 rings (SSSR count). The zero-order valence-electron chi connectivity index (χ0n) is 12.2. The van der Waals surface area contributed by atoms with Crippen LogP contribution in [0, 0.1) is 11.8 Å². The van der Waals surface area contributed by atoms with E-state index >= 15 is 0 Å². The fraction of sp³-hybridized carbons (Fsp3) is 0.833. The van der Waals surface area contributed by atoms with Gasteiger partial charge in [-0.2, -0.15) is 0 Å². The summed E-state index contributed by atoms with van der Waals surface area (Å²) in [5.74, 6) is -1.59. The van der Waals surface area contributed by atoms with Crippen molar-refractivity contribution in [3.05, 3.63) is 0 Å². The van der Waals surface area contributed by atoms with Crippen LogP contribution in [-0.4, -0.2) is 61.1 Å². The Hall–Kier alpha value is -1.31. The van der Waals surface area contributed by atoms with Gasteiger partial charge in [0.15, 0.2) is 9.84 Å². The van der Waals surface area contributed by atoms with Gasteiger partial charge in [-0.25, -0.2) is 13.2 Å². The Bertz CT molecular complexity index is 500. The molecule has 0 aromatic heterocycles. The normalized spacial score (nSPS) is 23.7. The first-order valence-electron chi connectivity index (χ1n) is 6.41. The molecule has 7 nitrogen and oxygen atoms in total. The highest BCUT2D eigenvalue weighted by atomic mass is 32.2. The van der Waals surface area contributed by atoms with Gasteiger partial charge in [-0.05, 0) is 19.8 Å². The smallest absolute Gasteiger partial charge is 0.317 e. The van der Waals surface area contributed by atoms with Crippen molar-refractivity contribution in [3.8, 4) is 0 Å². The van der Waals surface area contributed by atoms with Crippen LogP contribution in [0.3, 0.4) is 0 Å². The maximum atomic E-state index is 12.0. The number of carboxylic acid groups (broad SMARTS) is 1. The maximum absolute atomic E-state index is 12.0. The minimum Gasteiger partial charge on any atom is -0.481 e. The predicted octanol–water partition coefficient (Wildman–Crippen LogP) is 0.172. The highest BCUT2D eigenvalue weighted by molar-refractivity contribution is 7.92. The lowest BCUT2D eigenvalue weighted by Crippen LogP contribution is -2.48. The molecule has 2 N–H and O–H groups in total. The van der Waals surface area contributed by atoms with Crippen LogP contribution in [0.1, 0.15) is 20.8 Å². The monoisotopic (exact) mass is 306 g/mol. The van der Waals surface area contributed by atoms with E-state index < -0.39 is 32.5 Å². The van der Waals surface area contributed by atoms with Crippen LogP contribution >= 0.6 is 0 Å². The van der Waals surface area contributed by atoms with Crippen LogP contribution in [0.5, 0.6) is 0 Å². The van der Waals surface area contributed by atoms with E-state index in [9.17, 15) is 18.0 Å². The average Bonchev–Trinajstić information content (AvgIpc) is 2.67.